The van der Waals surface area contributed by atoms with Crippen LogP contribution in [0.15, 0.2) is 29.2 Å². The summed E-state index contributed by atoms with van der Waals surface area (Å²) < 4.78 is 32.8. The number of unbranched alkanes of at least 4 members (excludes halogenated alkanes) is 1. The van der Waals surface area contributed by atoms with E-state index >= 15 is 0 Å². The fraction of sp³-hybridized carbons (Fsp3) is 0.562. The molecule has 0 aliphatic rings. The average Bonchev–Trinajstić information content (AvgIpc) is 2.54. The zero-order valence-corrected chi connectivity index (χ0v) is 14.8. The summed E-state index contributed by atoms with van der Waals surface area (Å²) in [5.74, 6) is -0.190. The number of rotatable bonds is 12. The summed E-state index contributed by atoms with van der Waals surface area (Å²) >= 11 is 0. The summed E-state index contributed by atoms with van der Waals surface area (Å²) in [7, 11) is -3.67. The number of amides is 1. The van der Waals surface area contributed by atoms with E-state index in [0.29, 0.717) is 26.2 Å². The highest BCUT2D eigenvalue weighted by molar-refractivity contribution is 7.89. The van der Waals surface area contributed by atoms with Crippen LogP contribution in [0, 0.1) is 0 Å². The van der Waals surface area contributed by atoms with E-state index in [-0.39, 0.29) is 17.4 Å². The van der Waals surface area contributed by atoms with Gasteiger partial charge in [0.1, 0.15) is 6.61 Å². The first-order valence-electron chi connectivity index (χ1n) is 7.97. The van der Waals surface area contributed by atoms with Crippen molar-refractivity contribution in [3.05, 3.63) is 29.8 Å². The highest BCUT2D eigenvalue weighted by atomic mass is 32.2. The highest BCUT2D eigenvalue weighted by Crippen LogP contribution is 2.08. The van der Waals surface area contributed by atoms with Crippen molar-refractivity contribution in [1.82, 2.24) is 5.32 Å². The van der Waals surface area contributed by atoms with Crippen LogP contribution in [0.25, 0.3) is 0 Å². The van der Waals surface area contributed by atoms with Crippen LogP contribution < -0.4 is 10.5 Å². The van der Waals surface area contributed by atoms with Crippen LogP contribution in [0.3, 0.4) is 0 Å². The molecule has 1 amide bonds. The number of sulfonamides is 1. The van der Waals surface area contributed by atoms with Crippen LogP contribution in [0.4, 0.5) is 0 Å². The molecule has 7 nitrogen and oxygen atoms in total. The minimum Gasteiger partial charge on any atom is -0.379 e. The van der Waals surface area contributed by atoms with Gasteiger partial charge in [0.15, 0.2) is 0 Å². The molecule has 0 unspecified atom stereocenters. The van der Waals surface area contributed by atoms with Crippen molar-refractivity contribution in [2.75, 3.05) is 33.0 Å². The van der Waals surface area contributed by atoms with Gasteiger partial charge < -0.3 is 14.8 Å². The molecule has 0 aliphatic carbocycles. The van der Waals surface area contributed by atoms with Gasteiger partial charge in [-0.05, 0) is 30.5 Å². The summed E-state index contributed by atoms with van der Waals surface area (Å²) in [6.07, 6.45) is 2.71. The van der Waals surface area contributed by atoms with E-state index in [1.54, 1.807) is 12.1 Å². The molecule has 24 heavy (non-hydrogen) atoms. The maximum Gasteiger partial charge on any atom is 0.246 e. The standard InChI is InChI=1S/C16H26N2O5S/c1-2-3-10-22-11-12-23-13-16(19)18-9-8-14-4-6-15(7-5-14)24(17,20)21/h4-7H,2-3,8-13H2,1H3,(H,18,19)(H2,17,20,21). The zero-order valence-electron chi connectivity index (χ0n) is 14.0. The first kappa shape index (κ1) is 20.6. The monoisotopic (exact) mass is 358 g/mol. The normalized spacial score (nSPS) is 11.4. The van der Waals surface area contributed by atoms with Crippen LogP contribution in [0.2, 0.25) is 0 Å². The van der Waals surface area contributed by atoms with Gasteiger partial charge in [0.05, 0.1) is 18.1 Å². The molecule has 0 spiro atoms. The van der Waals surface area contributed by atoms with E-state index in [1.807, 2.05) is 0 Å². The molecule has 0 fully saturated rings. The van der Waals surface area contributed by atoms with E-state index in [4.69, 9.17) is 14.6 Å². The van der Waals surface area contributed by atoms with Crippen LogP contribution in [-0.4, -0.2) is 47.3 Å². The second-order valence-electron chi connectivity index (χ2n) is 5.31. The van der Waals surface area contributed by atoms with Gasteiger partial charge in [-0.25, -0.2) is 13.6 Å². The molecule has 3 N–H and O–H groups in total. The van der Waals surface area contributed by atoms with E-state index in [1.165, 1.54) is 12.1 Å². The Labute approximate surface area is 143 Å². The van der Waals surface area contributed by atoms with Crippen LogP contribution in [0.5, 0.6) is 0 Å². The molecule has 0 atom stereocenters. The Balaban J connectivity index is 2.13. The van der Waals surface area contributed by atoms with Gasteiger partial charge >= 0.3 is 0 Å². The summed E-state index contributed by atoms with van der Waals surface area (Å²) in [6, 6.07) is 6.26. The largest absolute Gasteiger partial charge is 0.379 e. The van der Waals surface area contributed by atoms with Crippen molar-refractivity contribution in [1.29, 1.82) is 0 Å². The van der Waals surface area contributed by atoms with Gasteiger partial charge in [-0.15, -0.1) is 0 Å². The van der Waals surface area contributed by atoms with E-state index < -0.39 is 10.0 Å². The SMILES string of the molecule is CCCCOCCOCC(=O)NCCc1ccc(S(N)(=O)=O)cc1. The number of primary sulfonamides is 1. The van der Waals surface area contributed by atoms with E-state index in [9.17, 15) is 13.2 Å². The van der Waals surface area contributed by atoms with Crippen LogP contribution in [0.1, 0.15) is 25.3 Å². The molecule has 136 valence electrons. The van der Waals surface area contributed by atoms with Crippen LogP contribution >= 0.6 is 0 Å². The number of carbonyl (C=O) groups excluding carboxylic acids is 1. The minimum absolute atomic E-state index is 0.00148. The van der Waals surface area contributed by atoms with E-state index in [2.05, 4.69) is 12.2 Å². The predicted octanol–water partition coefficient (Wildman–Crippen LogP) is 0.826. The van der Waals surface area contributed by atoms with Gasteiger partial charge in [0.25, 0.3) is 0 Å². The van der Waals surface area contributed by atoms with E-state index in [0.717, 1.165) is 25.0 Å². The molecule has 1 rings (SSSR count). The third kappa shape index (κ3) is 8.97. The fourth-order valence-electron chi connectivity index (χ4n) is 1.87. The summed E-state index contributed by atoms with van der Waals surface area (Å²) in [4.78, 5) is 11.7. The number of benzene rings is 1. The van der Waals surface area contributed by atoms with Gasteiger partial charge in [-0.1, -0.05) is 25.5 Å². The van der Waals surface area contributed by atoms with Crippen LogP contribution in [-0.2, 0) is 30.7 Å². The lowest BCUT2D eigenvalue weighted by Crippen LogP contribution is -2.30. The van der Waals surface area contributed by atoms with Crippen molar-refractivity contribution < 1.29 is 22.7 Å². The number of hydrogen-bond donors (Lipinski definition) is 2. The van der Waals surface area contributed by atoms with Crippen molar-refractivity contribution >= 4 is 15.9 Å². The molecular weight excluding hydrogens is 332 g/mol. The molecule has 0 heterocycles. The van der Waals surface area contributed by atoms with Gasteiger partial charge in [0.2, 0.25) is 15.9 Å². The third-order valence-electron chi connectivity index (χ3n) is 3.24. The first-order valence-corrected chi connectivity index (χ1v) is 9.52. The minimum atomic E-state index is -3.67. The Kier molecular flexibility index (Phi) is 9.55. The smallest absolute Gasteiger partial charge is 0.246 e. The maximum absolute atomic E-state index is 11.6. The summed E-state index contributed by atoms with van der Waals surface area (Å²) in [5.41, 5.74) is 0.910. The van der Waals surface area contributed by atoms with Crippen molar-refractivity contribution in [2.24, 2.45) is 5.14 Å². The lowest BCUT2D eigenvalue weighted by molar-refractivity contribution is -0.126. The number of nitrogens with two attached hydrogens (primary N) is 1. The third-order valence-corrected chi connectivity index (χ3v) is 4.16. The number of carbonyl (C=O) groups is 1. The molecule has 0 saturated carbocycles. The Hall–Kier alpha value is -1.48. The average molecular weight is 358 g/mol. The number of hydrogen-bond acceptors (Lipinski definition) is 5. The quantitative estimate of drug-likeness (QED) is 0.538. The molecule has 0 aliphatic heterocycles. The molecule has 0 radical (unpaired) electrons. The van der Waals surface area contributed by atoms with Gasteiger partial charge in [-0.2, -0.15) is 0 Å². The first-order chi connectivity index (χ1) is 11.4. The molecule has 0 saturated heterocycles. The Morgan fingerprint density at radius 2 is 1.79 bits per heavy atom. The molecule has 1 aromatic rings. The summed E-state index contributed by atoms with van der Waals surface area (Å²) in [5, 5.41) is 7.77. The van der Waals surface area contributed by atoms with Gasteiger partial charge in [0, 0.05) is 13.2 Å². The maximum atomic E-state index is 11.6. The predicted molar refractivity (Wildman–Crippen MR) is 91.1 cm³/mol. The molecular formula is C16H26N2O5S. The summed E-state index contributed by atoms with van der Waals surface area (Å²) in [6.45, 7) is 4.15. The van der Waals surface area contributed by atoms with Crippen molar-refractivity contribution in [3.63, 3.8) is 0 Å². The zero-order chi connectivity index (χ0) is 17.8. The molecule has 1 aromatic carbocycles. The molecule has 0 aromatic heterocycles. The molecule has 0 bridgehead atoms. The fourth-order valence-corrected chi connectivity index (χ4v) is 2.39. The Bertz CT molecular complexity index is 587. The van der Waals surface area contributed by atoms with Gasteiger partial charge in [-0.3, -0.25) is 4.79 Å². The second-order valence-corrected chi connectivity index (χ2v) is 6.87. The Morgan fingerprint density at radius 3 is 2.42 bits per heavy atom. The lowest BCUT2D eigenvalue weighted by Gasteiger charge is -2.07. The van der Waals surface area contributed by atoms with Crippen molar-refractivity contribution in [3.8, 4) is 0 Å². The van der Waals surface area contributed by atoms with Crippen molar-refractivity contribution in [2.45, 2.75) is 31.1 Å². The number of ether oxygens (including phenoxy) is 2. The topological polar surface area (TPSA) is 108 Å². The second kappa shape index (κ2) is 11.1. The lowest BCUT2D eigenvalue weighted by atomic mass is 10.1. The highest BCUT2D eigenvalue weighted by Gasteiger charge is 2.07. The molecule has 8 heteroatoms. The Morgan fingerprint density at radius 1 is 1.12 bits per heavy atom. The number of nitrogens with one attached hydrogen (secondary N) is 1.